The van der Waals surface area contributed by atoms with Crippen LogP contribution < -0.4 is 5.32 Å². The van der Waals surface area contributed by atoms with Crippen molar-refractivity contribution in [2.45, 2.75) is 51.2 Å². The van der Waals surface area contributed by atoms with E-state index in [4.69, 9.17) is 0 Å². The van der Waals surface area contributed by atoms with Crippen LogP contribution in [-0.2, 0) is 4.79 Å². The molecule has 17 heavy (non-hydrogen) atoms. The smallest absolute Gasteiger partial charge is 0.239 e. The summed E-state index contributed by atoms with van der Waals surface area (Å²) in [5.41, 5.74) is 0. The quantitative estimate of drug-likeness (QED) is 0.783. The van der Waals surface area contributed by atoms with Crippen LogP contribution in [0, 0.1) is 0 Å². The second-order valence-corrected chi connectivity index (χ2v) is 5.65. The zero-order valence-electron chi connectivity index (χ0n) is 11.3. The van der Waals surface area contributed by atoms with Gasteiger partial charge in [-0.15, -0.1) is 0 Å². The van der Waals surface area contributed by atoms with E-state index < -0.39 is 0 Å². The number of hydrogen-bond donors (Lipinski definition) is 1. The first-order valence-electron chi connectivity index (χ1n) is 6.83. The predicted molar refractivity (Wildman–Crippen MR) is 68.9 cm³/mol. The number of rotatable bonds is 4. The summed E-state index contributed by atoms with van der Waals surface area (Å²) in [6.07, 6.45) is 3.51. The summed E-state index contributed by atoms with van der Waals surface area (Å²) < 4.78 is 0. The Morgan fingerprint density at radius 3 is 2.71 bits per heavy atom. The average Bonchev–Trinajstić information content (AvgIpc) is 2.88. The number of amides is 1. The number of nitrogens with zero attached hydrogens (tertiary/aromatic N) is 2. The van der Waals surface area contributed by atoms with E-state index >= 15 is 0 Å². The molecule has 0 aliphatic carbocycles. The molecular formula is C13H25N3O. The van der Waals surface area contributed by atoms with Crippen molar-refractivity contribution in [1.82, 2.24) is 15.1 Å². The first-order valence-corrected chi connectivity index (χ1v) is 6.83. The van der Waals surface area contributed by atoms with Crippen LogP contribution in [-0.4, -0.2) is 60.5 Å². The number of carbonyl (C=O) groups is 1. The predicted octanol–water partition coefficient (Wildman–Crippen LogP) is 0.680. The SMILES string of the molecule is CC(C)N(CC1CCCN1)C1CCN(C)C1=O. The lowest BCUT2D eigenvalue weighted by Gasteiger charge is -2.33. The summed E-state index contributed by atoms with van der Waals surface area (Å²) in [7, 11) is 1.91. The van der Waals surface area contributed by atoms with Crippen molar-refractivity contribution in [3.8, 4) is 0 Å². The molecule has 0 saturated carbocycles. The summed E-state index contributed by atoms with van der Waals surface area (Å²) in [6, 6.07) is 1.14. The minimum atomic E-state index is 0.113. The molecule has 0 aromatic heterocycles. The van der Waals surface area contributed by atoms with Gasteiger partial charge >= 0.3 is 0 Å². The summed E-state index contributed by atoms with van der Waals surface area (Å²) in [5, 5.41) is 3.52. The number of likely N-dealkylation sites (tertiary alicyclic amines) is 1. The topological polar surface area (TPSA) is 35.6 Å². The molecule has 98 valence electrons. The first kappa shape index (κ1) is 12.8. The largest absolute Gasteiger partial charge is 0.344 e. The summed E-state index contributed by atoms with van der Waals surface area (Å²) in [5.74, 6) is 0.302. The Balaban J connectivity index is 1.99. The zero-order valence-corrected chi connectivity index (χ0v) is 11.3. The van der Waals surface area contributed by atoms with Gasteiger partial charge in [-0.1, -0.05) is 0 Å². The lowest BCUT2D eigenvalue weighted by molar-refractivity contribution is -0.131. The lowest BCUT2D eigenvalue weighted by Crippen LogP contribution is -2.49. The van der Waals surface area contributed by atoms with Crippen molar-refractivity contribution >= 4 is 5.91 Å². The van der Waals surface area contributed by atoms with Gasteiger partial charge in [0.25, 0.3) is 0 Å². The van der Waals surface area contributed by atoms with Crippen LogP contribution in [0.5, 0.6) is 0 Å². The fourth-order valence-electron chi connectivity index (χ4n) is 2.98. The van der Waals surface area contributed by atoms with Gasteiger partial charge in [-0.05, 0) is 39.7 Å². The summed E-state index contributed by atoms with van der Waals surface area (Å²) in [4.78, 5) is 16.3. The minimum absolute atomic E-state index is 0.113. The fourth-order valence-corrected chi connectivity index (χ4v) is 2.98. The maximum absolute atomic E-state index is 12.1. The lowest BCUT2D eigenvalue weighted by atomic mass is 10.1. The van der Waals surface area contributed by atoms with Crippen molar-refractivity contribution < 1.29 is 4.79 Å². The van der Waals surface area contributed by atoms with E-state index in [1.807, 2.05) is 11.9 Å². The molecule has 2 atom stereocenters. The van der Waals surface area contributed by atoms with Gasteiger partial charge in [0.2, 0.25) is 5.91 Å². The van der Waals surface area contributed by atoms with E-state index in [1.165, 1.54) is 12.8 Å². The van der Waals surface area contributed by atoms with E-state index in [0.29, 0.717) is 18.0 Å². The van der Waals surface area contributed by atoms with Gasteiger partial charge < -0.3 is 10.2 Å². The minimum Gasteiger partial charge on any atom is -0.344 e. The van der Waals surface area contributed by atoms with E-state index in [1.54, 1.807) is 0 Å². The van der Waals surface area contributed by atoms with Gasteiger partial charge in [-0.3, -0.25) is 9.69 Å². The number of carbonyl (C=O) groups excluding carboxylic acids is 1. The van der Waals surface area contributed by atoms with E-state index in [2.05, 4.69) is 24.1 Å². The number of nitrogens with one attached hydrogen (secondary N) is 1. The monoisotopic (exact) mass is 239 g/mol. The van der Waals surface area contributed by atoms with Gasteiger partial charge in [-0.2, -0.15) is 0 Å². The third-order valence-corrected chi connectivity index (χ3v) is 4.06. The van der Waals surface area contributed by atoms with Gasteiger partial charge in [0, 0.05) is 32.2 Å². The summed E-state index contributed by atoms with van der Waals surface area (Å²) >= 11 is 0. The van der Waals surface area contributed by atoms with E-state index in [-0.39, 0.29) is 6.04 Å². The van der Waals surface area contributed by atoms with Crippen LogP contribution in [0.2, 0.25) is 0 Å². The molecule has 4 nitrogen and oxygen atoms in total. The van der Waals surface area contributed by atoms with Crippen LogP contribution in [0.4, 0.5) is 0 Å². The highest BCUT2D eigenvalue weighted by molar-refractivity contribution is 5.83. The molecule has 0 bridgehead atoms. The van der Waals surface area contributed by atoms with Gasteiger partial charge in [0.15, 0.2) is 0 Å². The molecule has 1 N–H and O–H groups in total. The molecule has 2 aliphatic heterocycles. The highest BCUT2D eigenvalue weighted by Gasteiger charge is 2.36. The molecule has 0 aromatic carbocycles. The van der Waals surface area contributed by atoms with Crippen LogP contribution in [0.1, 0.15) is 33.1 Å². The Kier molecular flexibility index (Phi) is 4.05. The number of likely N-dealkylation sites (N-methyl/N-ethyl adjacent to an activating group) is 1. The van der Waals surface area contributed by atoms with Crippen LogP contribution in [0.3, 0.4) is 0 Å². The Labute approximate surface area is 104 Å². The van der Waals surface area contributed by atoms with Crippen LogP contribution in [0.25, 0.3) is 0 Å². The molecule has 1 amide bonds. The number of hydrogen-bond acceptors (Lipinski definition) is 3. The Morgan fingerprint density at radius 1 is 1.47 bits per heavy atom. The van der Waals surface area contributed by atoms with Gasteiger partial charge in [0.1, 0.15) is 0 Å². The van der Waals surface area contributed by atoms with Crippen molar-refractivity contribution in [3.63, 3.8) is 0 Å². The highest BCUT2D eigenvalue weighted by Crippen LogP contribution is 2.20. The van der Waals surface area contributed by atoms with Gasteiger partial charge in [-0.25, -0.2) is 0 Å². The van der Waals surface area contributed by atoms with Crippen LogP contribution in [0.15, 0.2) is 0 Å². The molecular weight excluding hydrogens is 214 g/mol. The van der Waals surface area contributed by atoms with Crippen molar-refractivity contribution in [2.75, 3.05) is 26.7 Å². The first-order chi connectivity index (χ1) is 8.09. The van der Waals surface area contributed by atoms with Crippen LogP contribution >= 0.6 is 0 Å². The summed E-state index contributed by atoms with van der Waals surface area (Å²) in [6.45, 7) is 7.45. The maximum Gasteiger partial charge on any atom is 0.239 e. The van der Waals surface area contributed by atoms with Crippen molar-refractivity contribution in [3.05, 3.63) is 0 Å². The second kappa shape index (κ2) is 5.36. The Bertz CT molecular complexity index is 274. The second-order valence-electron chi connectivity index (χ2n) is 5.65. The molecule has 0 spiro atoms. The Morgan fingerprint density at radius 2 is 2.24 bits per heavy atom. The van der Waals surface area contributed by atoms with E-state index in [0.717, 1.165) is 26.1 Å². The normalized spacial score (nSPS) is 29.9. The van der Waals surface area contributed by atoms with Gasteiger partial charge in [0.05, 0.1) is 6.04 Å². The zero-order chi connectivity index (χ0) is 12.4. The molecule has 2 heterocycles. The maximum atomic E-state index is 12.1. The molecule has 0 aromatic rings. The fraction of sp³-hybridized carbons (Fsp3) is 0.923. The molecule has 2 rings (SSSR count). The molecule has 2 aliphatic rings. The Hall–Kier alpha value is -0.610. The average molecular weight is 239 g/mol. The molecule has 2 unspecified atom stereocenters. The molecule has 4 heteroatoms. The van der Waals surface area contributed by atoms with Crippen molar-refractivity contribution in [1.29, 1.82) is 0 Å². The third-order valence-electron chi connectivity index (χ3n) is 4.06. The van der Waals surface area contributed by atoms with Crippen molar-refractivity contribution in [2.24, 2.45) is 0 Å². The highest BCUT2D eigenvalue weighted by atomic mass is 16.2. The molecule has 2 fully saturated rings. The third kappa shape index (κ3) is 2.80. The molecule has 2 saturated heterocycles. The molecule has 0 radical (unpaired) electrons. The standard InChI is InChI=1S/C13H25N3O/c1-10(2)16(9-11-5-4-7-14-11)12-6-8-15(3)13(12)17/h10-12,14H,4-9H2,1-3H3. The van der Waals surface area contributed by atoms with E-state index in [9.17, 15) is 4.79 Å².